The minimum Gasteiger partial charge on any atom is -0.423 e. The minimum atomic E-state index is -1.54. The Morgan fingerprint density at radius 3 is 1.74 bits per heavy atom. The van der Waals surface area contributed by atoms with Crippen LogP contribution in [0.2, 0.25) is 0 Å². The van der Waals surface area contributed by atoms with Crippen LogP contribution >= 0.6 is 0 Å². The number of hydrogen-bond acceptors (Lipinski definition) is 3. The molecule has 5 aromatic rings. The van der Waals surface area contributed by atoms with Crippen molar-refractivity contribution in [2.24, 2.45) is 0 Å². The maximum atomic E-state index is 9.80. The Bertz CT molecular complexity index is 1370. The number of anilines is 3. The van der Waals surface area contributed by atoms with Gasteiger partial charge in [0, 0.05) is 16.9 Å². The molecule has 0 unspecified atom stereocenters. The predicted molar refractivity (Wildman–Crippen MR) is 142 cm³/mol. The molecule has 0 amide bonds. The zero-order chi connectivity index (χ0) is 23.3. The average Bonchev–Trinajstić information content (AvgIpc) is 2.91. The topological polar surface area (TPSA) is 43.7 Å². The smallest absolute Gasteiger partial charge is 0.423 e. The second-order valence-electron chi connectivity index (χ2n) is 8.10. The molecule has 0 aromatic heterocycles. The van der Waals surface area contributed by atoms with Gasteiger partial charge < -0.3 is 14.9 Å². The van der Waals surface area contributed by atoms with E-state index in [1.165, 1.54) is 0 Å². The summed E-state index contributed by atoms with van der Waals surface area (Å²) >= 11 is 0. The van der Waals surface area contributed by atoms with Crippen molar-refractivity contribution in [3.05, 3.63) is 133 Å². The number of para-hydroxylation sites is 1. The number of rotatable bonds is 6. The van der Waals surface area contributed by atoms with Gasteiger partial charge in [-0.3, -0.25) is 0 Å². The summed E-state index contributed by atoms with van der Waals surface area (Å²) in [7, 11) is -1.54. The van der Waals surface area contributed by atoms with Gasteiger partial charge in [0.25, 0.3) is 0 Å². The van der Waals surface area contributed by atoms with Gasteiger partial charge in [-0.15, -0.1) is 0 Å². The van der Waals surface area contributed by atoms with Gasteiger partial charge in [-0.1, -0.05) is 103 Å². The second-order valence-corrected chi connectivity index (χ2v) is 8.10. The van der Waals surface area contributed by atoms with E-state index in [1.807, 2.05) is 66.7 Å². The van der Waals surface area contributed by atoms with Crippen molar-refractivity contribution in [3.63, 3.8) is 0 Å². The van der Waals surface area contributed by atoms with E-state index in [-0.39, 0.29) is 0 Å². The summed E-state index contributed by atoms with van der Waals surface area (Å²) in [6.07, 6.45) is 0. The highest BCUT2D eigenvalue weighted by Gasteiger charge is 2.19. The van der Waals surface area contributed by atoms with Crippen molar-refractivity contribution in [1.29, 1.82) is 0 Å². The first-order valence-corrected chi connectivity index (χ1v) is 11.3. The third-order valence-electron chi connectivity index (χ3n) is 5.89. The van der Waals surface area contributed by atoms with Crippen molar-refractivity contribution in [2.75, 3.05) is 4.90 Å². The first-order chi connectivity index (χ1) is 16.7. The lowest BCUT2D eigenvalue weighted by Crippen LogP contribution is -2.30. The third-order valence-corrected chi connectivity index (χ3v) is 5.89. The van der Waals surface area contributed by atoms with Crippen LogP contribution in [0.25, 0.3) is 22.3 Å². The van der Waals surface area contributed by atoms with Crippen molar-refractivity contribution in [2.45, 2.75) is 0 Å². The van der Waals surface area contributed by atoms with Gasteiger partial charge in [0.05, 0.1) is 5.69 Å². The van der Waals surface area contributed by atoms with Crippen LogP contribution in [0.15, 0.2) is 133 Å². The van der Waals surface area contributed by atoms with E-state index in [1.54, 1.807) is 6.07 Å². The SMILES string of the molecule is OB(O)c1cccc(N(c2ccc(-c3ccccc3)cc2)c2ccccc2-c2ccccc2)c1. The number of hydrogen-bond donors (Lipinski definition) is 2. The Morgan fingerprint density at radius 2 is 1.06 bits per heavy atom. The minimum absolute atomic E-state index is 0.445. The van der Waals surface area contributed by atoms with Crippen LogP contribution < -0.4 is 10.4 Å². The molecule has 0 radical (unpaired) electrons. The molecule has 0 aliphatic carbocycles. The highest BCUT2D eigenvalue weighted by molar-refractivity contribution is 6.58. The summed E-state index contributed by atoms with van der Waals surface area (Å²) in [5.74, 6) is 0. The molecule has 3 nitrogen and oxygen atoms in total. The van der Waals surface area contributed by atoms with Gasteiger partial charge in [0.1, 0.15) is 0 Å². The molecular weight excluding hydrogens is 417 g/mol. The van der Waals surface area contributed by atoms with E-state index in [0.29, 0.717) is 5.46 Å². The molecular formula is C30H24BNO2. The van der Waals surface area contributed by atoms with Crippen molar-refractivity contribution < 1.29 is 10.0 Å². The monoisotopic (exact) mass is 441 g/mol. The molecule has 0 aliphatic heterocycles. The summed E-state index contributed by atoms with van der Waals surface area (Å²) in [4.78, 5) is 2.16. The van der Waals surface area contributed by atoms with Gasteiger partial charge in [-0.05, 0) is 52.5 Å². The Kier molecular flexibility index (Phi) is 6.26. The van der Waals surface area contributed by atoms with Crippen LogP contribution in [0.4, 0.5) is 17.1 Å². The van der Waals surface area contributed by atoms with E-state index < -0.39 is 7.12 Å². The highest BCUT2D eigenvalue weighted by Crippen LogP contribution is 2.40. The standard InChI is InChI=1S/C30H24BNO2/c33-31(34)26-14-9-15-28(22-26)32(27-20-18-24(19-21-27)23-10-3-1-4-11-23)30-17-8-7-16-29(30)25-12-5-2-6-13-25/h1-22,33-34H. The molecule has 164 valence electrons. The molecule has 5 aromatic carbocycles. The zero-order valence-electron chi connectivity index (χ0n) is 18.6. The Balaban J connectivity index is 1.67. The van der Waals surface area contributed by atoms with Crippen LogP contribution in [0, 0.1) is 0 Å². The van der Waals surface area contributed by atoms with E-state index in [4.69, 9.17) is 0 Å². The van der Waals surface area contributed by atoms with Crippen LogP contribution in [0.5, 0.6) is 0 Å². The lowest BCUT2D eigenvalue weighted by Gasteiger charge is -2.28. The fraction of sp³-hybridized carbons (Fsp3) is 0. The maximum Gasteiger partial charge on any atom is 0.488 e. The summed E-state index contributed by atoms with van der Waals surface area (Å²) in [6, 6.07) is 44.7. The number of benzene rings is 5. The maximum absolute atomic E-state index is 9.80. The summed E-state index contributed by atoms with van der Waals surface area (Å²) < 4.78 is 0. The van der Waals surface area contributed by atoms with Crippen molar-refractivity contribution in [1.82, 2.24) is 0 Å². The first-order valence-electron chi connectivity index (χ1n) is 11.3. The second kappa shape index (κ2) is 9.80. The van der Waals surface area contributed by atoms with E-state index in [0.717, 1.165) is 39.3 Å². The van der Waals surface area contributed by atoms with Crippen LogP contribution in [-0.4, -0.2) is 17.2 Å². The van der Waals surface area contributed by atoms with Gasteiger partial charge in [-0.25, -0.2) is 0 Å². The fourth-order valence-corrected chi connectivity index (χ4v) is 4.22. The Hall–Kier alpha value is -4.12. The molecule has 0 aliphatic rings. The predicted octanol–water partition coefficient (Wildman–Crippen LogP) is 6.17. The lowest BCUT2D eigenvalue weighted by atomic mass is 9.80. The summed E-state index contributed by atoms with van der Waals surface area (Å²) in [5.41, 5.74) is 7.78. The Morgan fingerprint density at radius 1 is 0.471 bits per heavy atom. The van der Waals surface area contributed by atoms with Gasteiger partial charge >= 0.3 is 7.12 Å². The highest BCUT2D eigenvalue weighted by atomic mass is 16.4. The molecule has 0 atom stereocenters. The van der Waals surface area contributed by atoms with Gasteiger partial charge in [0.15, 0.2) is 0 Å². The molecule has 0 heterocycles. The summed E-state index contributed by atoms with van der Waals surface area (Å²) in [5, 5.41) is 19.6. The lowest BCUT2D eigenvalue weighted by molar-refractivity contribution is 0.426. The first kappa shape index (κ1) is 21.7. The van der Waals surface area contributed by atoms with Crippen LogP contribution in [0.3, 0.4) is 0 Å². The summed E-state index contributed by atoms with van der Waals surface area (Å²) in [6.45, 7) is 0. The molecule has 0 saturated heterocycles. The molecule has 34 heavy (non-hydrogen) atoms. The molecule has 4 heteroatoms. The third kappa shape index (κ3) is 4.51. The van der Waals surface area contributed by atoms with E-state index >= 15 is 0 Å². The number of nitrogens with zero attached hydrogens (tertiary/aromatic N) is 1. The molecule has 0 saturated carbocycles. The van der Waals surface area contributed by atoms with Crippen molar-refractivity contribution >= 4 is 29.6 Å². The quantitative estimate of drug-likeness (QED) is 0.310. The van der Waals surface area contributed by atoms with Gasteiger partial charge in [0.2, 0.25) is 0 Å². The van der Waals surface area contributed by atoms with Crippen molar-refractivity contribution in [3.8, 4) is 22.3 Å². The largest absolute Gasteiger partial charge is 0.488 e. The molecule has 0 bridgehead atoms. The van der Waals surface area contributed by atoms with Crippen LogP contribution in [0.1, 0.15) is 0 Å². The molecule has 0 fully saturated rings. The zero-order valence-corrected chi connectivity index (χ0v) is 18.6. The normalized spacial score (nSPS) is 10.6. The molecule has 5 rings (SSSR count). The Labute approximate surface area is 200 Å². The molecule has 0 spiro atoms. The van der Waals surface area contributed by atoms with E-state index in [9.17, 15) is 10.0 Å². The fourth-order valence-electron chi connectivity index (χ4n) is 4.22. The average molecular weight is 441 g/mol. The van der Waals surface area contributed by atoms with E-state index in [2.05, 4.69) is 65.6 Å². The van der Waals surface area contributed by atoms with Crippen LogP contribution in [-0.2, 0) is 0 Å². The molecule has 2 N–H and O–H groups in total. The van der Waals surface area contributed by atoms with Gasteiger partial charge in [-0.2, -0.15) is 0 Å².